The molecule has 0 aromatic heterocycles. The fourth-order valence-corrected chi connectivity index (χ4v) is 3.18. The molecule has 0 N–H and O–H groups in total. The van der Waals surface area contributed by atoms with E-state index in [4.69, 9.17) is 21.1 Å². The molecule has 0 atom stereocenters. The highest BCUT2D eigenvalue weighted by atomic mass is 35.5. The van der Waals surface area contributed by atoms with Gasteiger partial charge in [-0.2, -0.15) is 0 Å². The number of ether oxygens (including phenoxy) is 2. The van der Waals surface area contributed by atoms with Crippen LogP contribution in [0.25, 0.3) is 11.3 Å². The Morgan fingerprint density at radius 3 is 2.48 bits per heavy atom. The van der Waals surface area contributed by atoms with Crippen molar-refractivity contribution in [3.8, 4) is 0 Å². The van der Waals surface area contributed by atoms with Crippen LogP contribution in [0.3, 0.4) is 0 Å². The van der Waals surface area contributed by atoms with E-state index >= 15 is 0 Å². The van der Waals surface area contributed by atoms with E-state index in [-0.39, 0.29) is 17.2 Å². The minimum atomic E-state index is -1.42. The molecule has 174 valence electrons. The molecule has 0 unspecified atom stereocenters. The van der Waals surface area contributed by atoms with E-state index in [0.717, 1.165) is 23.3 Å². The molecule has 33 heavy (non-hydrogen) atoms. The first-order valence-electron chi connectivity index (χ1n) is 9.88. The Balaban J connectivity index is 2.33. The van der Waals surface area contributed by atoms with Crippen molar-refractivity contribution in [2.24, 2.45) is 4.99 Å². The van der Waals surface area contributed by atoms with Crippen LogP contribution < -0.4 is 0 Å². The standard InChI is InChI=1S/C25H24ClF2NO4/c1-16(9-10-18(13-14-31-3)20-7-5-6-8-22(20)26)24(32-4)29-17(2)19-11-12-21(23(27)15-19)25(30)33-28/h5-12,15H,2,13-14H2,1,3-4H3/b16-9+,18-10+,29-24?. The maximum atomic E-state index is 14.1. The quantitative estimate of drug-likeness (QED) is 0.233. The SMILES string of the molecule is C=C(N=C(OC)/C(C)=C/C=C(\CCOC)c1ccccc1Cl)c1ccc(C(=O)OF)c(F)c1. The van der Waals surface area contributed by atoms with Gasteiger partial charge in [-0.3, -0.25) is 0 Å². The van der Waals surface area contributed by atoms with Gasteiger partial charge in [-0.15, -0.1) is 0 Å². The molecule has 0 aliphatic heterocycles. The normalized spacial score (nSPS) is 12.5. The molecule has 0 aliphatic rings. The predicted octanol–water partition coefficient (Wildman–Crippen LogP) is 6.60. The Bertz CT molecular complexity index is 1110. The van der Waals surface area contributed by atoms with Crippen molar-refractivity contribution in [3.05, 3.63) is 94.3 Å². The number of nitrogens with zero attached hydrogens (tertiary/aromatic N) is 1. The van der Waals surface area contributed by atoms with Crippen LogP contribution in [0.15, 0.2) is 71.8 Å². The fourth-order valence-electron chi connectivity index (χ4n) is 2.92. The van der Waals surface area contributed by atoms with Gasteiger partial charge in [0.25, 0.3) is 0 Å². The molecule has 0 heterocycles. The molecule has 2 rings (SSSR count). The first-order chi connectivity index (χ1) is 15.8. The summed E-state index contributed by atoms with van der Waals surface area (Å²) in [5.41, 5.74) is 2.48. The van der Waals surface area contributed by atoms with Crippen LogP contribution in [0, 0.1) is 5.82 Å². The summed E-state index contributed by atoms with van der Waals surface area (Å²) in [4.78, 5) is 18.6. The molecule has 0 saturated heterocycles. The lowest BCUT2D eigenvalue weighted by molar-refractivity contribution is -0.0791. The number of aliphatic imine (C=N–C) groups is 1. The van der Waals surface area contributed by atoms with Crippen molar-refractivity contribution in [3.63, 3.8) is 0 Å². The van der Waals surface area contributed by atoms with Gasteiger partial charge >= 0.3 is 5.97 Å². The van der Waals surface area contributed by atoms with Gasteiger partial charge in [0.1, 0.15) is 5.82 Å². The largest absolute Gasteiger partial charge is 0.481 e. The van der Waals surface area contributed by atoms with E-state index in [2.05, 4.69) is 16.5 Å². The number of hydrogen-bond acceptors (Lipinski definition) is 5. The van der Waals surface area contributed by atoms with Gasteiger partial charge in [0.05, 0.1) is 25.0 Å². The highest BCUT2D eigenvalue weighted by Crippen LogP contribution is 2.27. The monoisotopic (exact) mass is 475 g/mol. The zero-order valence-corrected chi connectivity index (χ0v) is 19.3. The fraction of sp³-hybridized carbons (Fsp3) is 0.200. The second-order valence-corrected chi connectivity index (χ2v) is 7.30. The van der Waals surface area contributed by atoms with Crippen LogP contribution in [0.1, 0.15) is 34.8 Å². The Kier molecular flexibility index (Phi) is 9.97. The molecule has 8 heteroatoms. The molecule has 5 nitrogen and oxygen atoms in total. The van der Waals surface area contributed by atoms with Gasteiger partial charge < -0.3 is 9.47 Å². The average molecular weight is 476 g/mol. The summed E-state index contributed by atoms with van der Waals surface area (Å²) in [5.74, 6) is -2.11. The molecular formula is C25H24ClF2NO4. The van der Waals surface area contributed by atoms with Crippen molar-refractivity contribution in [1.82, 2.24) is 0 Å². The zero-order chi connectivity index (χ0) is 24.4. The minimum absolute atomic E-state index is 0.188. The first kappa shape index (κ1) is 26.0. The van der Waals surface area contributed by atoms with Gasteiger partial charge in [0.15, 0.2) is 0 Å². The van der Waals surface area contributed by atoms with Crippen LogP contribution in [0.5, 0.6) is 0 Å². The number of halogens is 3. The van der Waals surface area contributed by atoms with E-state index in [0.29, 0.717) is 23.6 Å². The number of carbonyl (C=O) groups is 1. The van der Waals surface area contributed by atoms with Crippen molar-refractivity contribution < 1.29 is 28.1 Å². The molecule has 0 bridgehead atoms. The van der Waals surface area contributed by atoms with E-state index in [1.807, 2.05) is 36.4 Å². The van der Waals surface area contributed by atoms with Gasteiger partial charge in [0.2, 0.25) is 5.90 Å². The summed E-state index contributed by atoms with van der Waals surface area (Å²) in [6.07, 6.45) is 4.37. The average Bonchev–Trinajstić information content (AvgIpc) is 2.82. The lowest BCUT2D eigenvalue weighted by Gasteiger charge is -2.10. The third-order valence-electron chi connectivity index (χ3n) is 4.69. The number of carbonyl (C=O) groups excluding carboxylic acids is 1. The molecule has 0 fully saturated rings. The summed E-state index contributed by atoms with van der Waals surface area (Å²) in [6.45, 7) is 6.14. The lowest BCUT2D eigenvalue weighted by Crippen LogP contribution is -2.05. The Labute approximate surface area is 196 Å². The van der Waals surface area contributed by atoms with E-state index in [9.17, 15) is 13.7 Å². The van der Waals surface area contributed by atoms with E-state index < -0.39 is 17.3 Å². The van der Waals surface area contributed by atoms with E-state index in [1.165, 1.54) is 13.2 Å². The molecule has 0 saturated carbocycles. The zero-order valence-electron chi connectivity index (χ0n) is 18.5. The lowest BCUT2D eigenvalue weighted by atomic mass is 10.0. The predicted molar refractivity (Wildman–Crippen MR) is 126 cm³/mol. The van der Waals surface area contributed by atoms with Crippen molar-refractivity contribution in [1.29, 1.82) is 0 Å². The van der Waals surface area contributed by atoms with Crippen LogP contribution >= 0.6 is 11.6 Å². The molecule has 0 spiro atoms. The van der Waals surface area contributed by atoms with Crippen molar-refractivity contribution in [2.75, 3.05) is 20.8 Å². The number of rotatable bonds is 9. The van der Waals surface area contributed by atoms with Crippen molar-refractivity contribution >= 4 is 34.7 Å². The smallest absolute Gasteiger partial charge is 0.382 e. The van der Waals surface area contributed by atoms with Crippen LogP contribution in [0.4, 0.5) is 8.92 Å². The summed E-state index contributed by atoms with van der Waals surface area (Å²) < 4.78 is 36.7. The topological polar surface area (TPSA) is 57.1 Å². The second kappa shape index (κ2) is 12.7. The van der Waals surface area contributed by atoms with E-state index in [1.54, 1.807) is 14.0 Å². The number of allylic oxidation sites excluding steroid dienone is 2. The third kappa shape index (κ3) is 7.10. The van der Waals surface area contributed by atoms with Crippen LogP contribution in [-0.4, -0.2) is 32.7 Å². The molecule has 2 aromatic carbocycles. The summed E-state index contributed by atoms with van der Waals surface area (Å²) in [7, 11) is 3.08. The maximum absolute atomic E-state index is 14.1. The Hall–Kier alpha value is -3.29. The minimum Gasteiger partial charge on any atom is -0.481 e. The second-order valence-electron chi connectivity index (χ2n) is 6.89. The van der Waals surface area contributed by atoms with Crippen molar-refractivity contribution in [2.45, 2.75) is 13.3 Å². The van der Waals surface area contributed by atoms with Gasteiger partial charge in [-0.05, 0) is 42.7 Å². The summed E-state index contributed by atoms with van der Waals surface area (Å²) >= 11 is 6.35. The van der Waals surface area contributed by atoms with Gasteiger partial charge in [0, 0.05) is 27.8 Å². The Morgan fingerprint density at radius 1 is 1.15 bits per heavy atom. The summed E-state index contributed by atoms with van der Waals surface area (Å²) in [6, 6.07) is 11.0. The highest BCUT2D eigenvalue weighted by molar-refractivity contribution is 6.32. The van der Waals surface area contributed by atoms with Crippen LogP contribution in [0.2, 0.25) is 5.02 Å². The maximum Gasteiger partial charge on any atom is 0.382 e. The van der Waals surface area contributed by atoms with Crippen LogP contribution in [-0.2, 0) is 14.4 Å². The highest BCUT2D eigenvalue weighted by Gasteiger charge is 2.15. The first-order valence-corrected chi connectivity index (χ1v) is 10.3. The Morgan fingerprint density at radius 2 is 1.88 bits per heavy atom. The third-order valence-corrected chi connectivity index (χ3v) is 5.02. The molecule has 0 radical (unpaired) electrons. The molecule has 0 aliphatic carbocycles. The van der Waals surface area contributed by atoms with Gasteiger partial charge in [-0.1, -0.05) is 54.6 Å². The molecular weight excluding hydrogens is 452 g/mol. The number of benzene rings is 2. The van der Waals surface area contributed by atoms with Gasteiger partial charge in [-0.25, -0.2) is 19.1 Å². The summed E-state index contributed by atoms with van der Waals surface area (Å²) in [5, 5.41) is 0.627. The number of methoxy groups -OCH3 is 2. The molecule has 2 aromatic rings. The number of hydrogen-bond donors (Lipinski definition) is 0. The molecule has 0 amide bonds.